The fourth-order valence-electron chi connectivity index (χ4n) is 1.13. The largest absolute Gasteiger partial charge is 0.462 e. The van der Waals surface area contributed by atoms with Crippen LogP contribution in [0.2, 0.25) is 0 Å². The summed E-state index contributed by atoms with van der Waals surface area (Å²) in [5, 5.41) is 3.11. The van der Waals surface area contributed by atoms with Gasteiger partial charge in [0.2, 0.25) is 0 Å². The maximum Gasteiger partial charge on any atom is 0.338 e. The number of ether oxygens (including phenoxy) is 1. The van der Waals surface area contributed by atoms with Gasteiger partial charge in [-0.2, -0.15) is 0 Å². The number of alkyl halides is 1. The van der Waals surface area contributed by atoms with Crippen LogP contribution < -0.4 is 5.32 Å². The first-order valence-electron chi connectivity index (χ1n) is 4.85. The number of hydrogen-bond acceptors (Lipinski definition) is 3. The van der Waals surface area contributed by atoms with Crippen molar-refractivity contribution in [2.24, 2.45) is 0 Å². The molecule has 0 aromatic heterocycles. The molecule has 0 heterocycles. The summed E-state index contributed by atoms with van der Waals surface area (Å²) in [7, 11) is 0. The van der Waals surface area contributed by atoms with Crippen LogP contribution in [0, 0.1) is 0 Å². The van der Waals surface area contributed by atoms with Crippen molar-refractivity contribution in [3.63, 3.8) is 0 Å². The fraction of sp³-hybridized carbons (Fsp3) is 0.364. The molecule has 82 valence electrons. The molecule has 1 N–H and O–H groups in total. The molecule has 0 bridgehead atoms. The summed E-state index contributed by atoms with van der Waals surface area (Å²) >= 11 is 5.54. The van der Waals surface area contributed by atoms with Gasteiger partial charge >= 0.3 is 5.97 Å². The molecule has 0 fully saturated rings. The average Bonchev–Trinajstić information content (AvgIpc) is 2.27. The van der Waals surface area contributed by atoms with E-state index in [2.05, 4.69) is 5.32 Å². The molecule has 15 heavy (non-hydrogen) atoms. The van der Waals surface area contributed by atoms with Crippen molar-refractivity contribution >= 4 is 23.3 Å². The smallest absolute Gasteiger partial charge is 0.338 e. The Bertz CT molecular complexity index is 311. The predicted octanol–water partition coefficient (Wildman–Crippen LogP) is 2.51. The molecule has 0 unspecified atom stereocenters. The molecular weight excluding hydrogens is 214 g/mol. The van der Waals surface area contributed by atoms with Crippen LogP contribution in [-0.2, 0) is 4.74 Å². The number of hydrogen-bond donors (Lipinski definition) is 1. The van der Waals surface area contributed by atoms with Crippen molar-refractivity contribution in [3.05, 3.63) is 29.8 Å². The average molecular weight is 228 g/mol. The number of rotatable bonds is 5. The molecule has 0 aliphatic carbocycles. The van der Waals surface area contributed by atoms with Crippen LogP contribution in [0.3, 0.4) is 0 Å². The maximum absolute atomic E-state index is 11.3. The molecule has 0 amide bonds. The molecule has 0 atom stereocenters. The molecular formula is C11H14ClNO2. The topological polar surface area (TPSA) is 38.3 Å². The summed E-state index contributed by atoms with van der Waals surface area (Å²) in [6, 6.07) is 7.13. The normalized spacial score (nSPS) is 9.73. The third kappa shape index (κ3) is 3.80. The van der Waals surface area contributed by atoms with Crippen LogP contribution in [0.15, 0.2) is 24.3 Å². The summed E-state index contributed by atoms with van der Waals surface area (Å²) in [6.07, 6.45) is 0. The summed E-state index contributed by atoms with van der Waals surface area (Å²) in [6.45, 7) is 2.89. The Morgan fingerprint density at radius 3 is 2.60 bits per heavy atom. The number of halogens is 1. The van der Waals surface area contributed by atoms with E-state index in [9.17, 15) is 4.79 Å². The van der Waals surface area contributed by atoms with E-state index in [0.717, 1.165) is 5.69 Å². The Balaban J connectivity index is 2.59. The number of nitrogens with one attached hydrogen (secondary N) is 1. The number of carbonyl (C=O) groups excluding carboxylic acids is 1. The first-order valence-corrected chi connectivity index (χ1v) is 5.38. The molecule has 4 heteroatoms. The second-order valence-corrected chi connectivity index (χ2v) is 3.29. The number of benzene rings is 1. The van der Waals surface area contributed by atoms with E-state index in [1.54, 1.807) is 19.1 Å². The van der Waals surface area contributed by atoms with Gasteiger partial charge in [0.05, 0.1) is 12.2 Å². The van der Waals surface area contributed by atoms with E-state index in [-0.39, 0.29) is 5.97 Å². The van der Waals surface area contributed by atoms with Crippen molar-refractivity contribution in [2.45, 2.75) is 6.92 Å². The molecule has 1 aromatic rings. The Labute approximate surface area is 94.4 Å². The van der Waals surface area contributed by atoms with Gasteiger partial charge in [-0.25, -0.2) is 4.79 Å². The summed E-state index contributed by atoms with van der Waals surface area (Å²) < 4.78 is 4.87. The van der Waals surface area contributed by atoms with Gasteiger partial charge in [-0.3, -0.25) is 0 Å². The number of esters is 1. The first kappa shape index (κ1) is 11.9. The van der Waals surface area contributed by atoms with Crippen LogP contribution >= 0.6 is 11.6 Å². The second-order valence-electron chi connectivity index (χ2n) is 2.91. The lowest BCUT2D eigenvalue weighted by Gasteiger charge is -2.05. The van der Waals surface area contributed by atoms with Gasteiger partial charge < -0.3 is 10.1 Å². The Hall–Kier alpha value is -1.22. The number of carbonyl (C=O) groups is 1. The zero-order valence-electron chi connectivity index (χ0n) is 8.63. The first-order chi connectivity index (χ1) is 7.27. The molecule has 0 aliphatic rings. The fourth-order valence-corrected chi connectivity index (χ4v) is 1.22. The minimum absolute atomic E-state index is 0.290. The molecule has 0 radical (unpaired) electrons. The molecule has 0 saturated heterocycles. The highest BCUT2D eigenvalue weighted by molar-refractivity contribution is 6.18. The van der Waals surface area contributed by atoms with Gasteiger partial charge in [-0.15, -0.1) is 11.6 Å². The minimum Gasteiger partial charge on any atom is -0.462 e. The van der Waals surface area contributed by atoms with Crippen molar-refractivity contribution in [1.29, 1.82) is 0 Å². The summed E-state index contributed by atoms with van der Waals surface area (Å²) in [5.41, 5.74) is 1.51. The summed E-state index contributed by atoms with van der Waals surface area (Å²) in [4.78, 5) is 11.3. The standard InChI is InChI=1S/C11H14ClNO2/c1-2-15-11(14)9-3-5-10(6-4-9)13-8-7-12/h3-6,13H,2,7-8H2,1H3. The van der Waals surface area contributed by atoms with E-state index in [4.69, 9.17) is 16.3 Å². The molecule has 0 spiro atoms. The van der Waals surface area contributed by atoms with Gasteiger partial charge in [0.15, 0.2) is 0 Å². The maximum atomic E-state index is 11.3. The van der Waals surface area contributed by atoms with E-state index >= 15 is 0 Å². The Morgan fingerprint density at radius 1 is 1.40 bits per heavy atom. The molecule has 0 aliphatic heterocycles. The monoisotopic (exact) mass is 227 g/mol. The van der Waals surface area contributed by atoms with Crippen LogP contribution in [0.5, 0.6) is 0 Å². The van der Waals surface area contributed by atoms with E-state index in [1.807, 2.05) is 12.1 Å². The Morgan fingerprint density at radius 2 is 2.07 bits per heavy atom. The zero-order valence-corrected chi connectivity index (χ0v) is 9.38. The second kappa shape index (κ2) is 6.30. The lowest BCUT2D eigenvalue weighted by atomic mass is 10.2. The summed E-state index contributed by atoms with van der Waals surface area (Å²) in [5.74, 6) is 0.265. The van der Waals surface area contributed by atoms with Crippen LogP contribution in [0.4, 0.5) is 5.69 Å². The van der Waals surface area contributed by atoms with Crippen molar-refractivity contribution in [2.75, 3.05) is 24.3 Å². The lowest BCUT2D eigenvalue weighted by molar-refractivity contribution is 0.0526. The predicted molar refractivity (Wildman–Crippen MR) is 61.6 cm³/mol. The molecule has 1 rings (SSSR count). The van der Waals surface area contributed by atoms with Gasteiger partial charge in [-0.1, -0.05) is 0 Å². The molecule has 1 aromatic carbocycles. The van der Waals surface area contributed by atoms with Crippen LogP contribution in [0.25, 0.3) is 0 Å². The third-order valence-electron chi connectivity index (χ3n) is 1.82. The molecule has 0 saturated carbocycles. The van der Waals surface area contributed by atoms with E-state index < -0.39 is 0 Å². The Kier molecular flexibility index (Phi) is 4.98. The minimum atomic E-state index is -0.290. The van der Waals surface area contributed by atoms with Gasteiger partial charge in [0.1, 0.15) is 0 Å². The zero-order chi connectivity index (χ0) is 11.1. The highest BCUT2D eigenvalue weighted by atomic mass is 35.5. The van der Waals surface area contributed by atoms with Gasteiger partial charge in [-0.05, 0) is 31.2 Å². The van der Waals surface area contributed by atoms with E-state index in [1.165, 1.54) is 0 Å². The van der Waals surface area contributed by atoms with Gasteiger partial charge in [0, 0.05) is 18.1 Å². The van der Waals surface area contributed by atoms with Crippen LogP contribution in [-0.4, -0.2) is 25.0 Å². The highest BCUT2D eigenvalue weighted by Gasteiger charge is 2.04. The van der Waals surface area contributed by atoms with E-state index in [0.29, 0.717) is 24.6 Å². The van der Waals surface area contributed by atoms with Crippen molar-refractivity contribution in [3.8, 4) is 0 Å². The van der Waals surface area contributed by atoms with Gasteiger partial charge in [0.25, 0.3) is 0 Å². The number of anilines is 1. The van der Waals surface area contributed by atoms with Crippen molar-refractivity contribution < 1.29 is 9.53 Å². The molecule has 3 nitrogen and oxygen atoms in total. The lowest BCUT2D eigenvalue weighted by Crippen LogP contribution is -2.05. The van der Waals surface area contributed by atoms with Crippen LogP contribution in [0.1, 0.15) is 17.3 Å². The highest BCUT2D eigenvalue weighted by Crippen LogP contribution is 2.10. The third-order valence-corrected chi connectivity index (χ3v) is 2.01. The van der Waals surface area contributed by atoms with Crippen molar-refractivity contribution in [1.82, 2.24) is 0 Å². The quantitative estimate of drug-likeness (QED) is 0.621. The SMILES string of the molecule is CCOC(=O)c1ccc(NCCCl)cc1.